The second-order valence-electron chi connectivity index (χ2n) is 1.58. The monoisotopic (exact) mass is 150 g/mol. The molecule has 11 heavy (non-hydrogen) atoms. The van der Waals surface area contributed by atoms with E-state index in [1.807, 2.05) is 20.0 Å². The number of rotatable bonds is 2. The third-order valence-corrected chi connectivity index (χ3v) is 1.08. The molecule has 1 aromatic heterocycles. The van der Waals surface area contributed by atoms with Crippen LogP contribution in [0.1, 0.15) is 19.7 Å². The molecule has 0 bridgehead atoms. The minimum Gasteiger partial charge on any atom is -0.308 e. The zero-order valence-electron chi connectivity index (χ0n) is 7.12. The highest BCUT2D eigenvalue weighted by Gasteiger charge is 1.89. The highest BCUT2D eigenvalue weighted by atomic mass is 15.0. The Kier molecular flexibility index (Phi) is 4.82. The van der Waals surface area contributed by atoms with Crippen LogP contribution in [-0.2, 0) is 0 Å². The summed E-state index contributed by atoms with van der Waals surface area (Å²) >= 11 is 0. The van der Waals surface area contributed by atoms with Crippen molar-refractivity contribution in [3.05, 3.63) is 31.4 Å². The van der Waals surface area contributed by atoms with E-state index >= 15 is 0 Å². The van der Waals surface area contributed by atoms with Gasteiger partial charge in [-0.25, -0.2) is 4.98 Å². The molecule has 0 aliphatic heterocycles. The normalized spacial score (nSPS) is 7.82. The van der Waals surface area contributed by atoms with Gasteiger partial charge in [-0.05, 0) is 6.08 Å². The molecule has 0 amide bonds. The lowest BCUT2D eigenvalue weighted by Crippen LogP contribution is -1.85. The van der Waals surface area contributed by atoms with Gasteiger partial charge < -0.3 is 4.57 Å². The fourth-order valence-electron chi connectivity index (χ4n) is 0.637. The minimum atomic E-state index is 0.824. The SMILES string of the molecule is C=Cc1nccn1C=C.CC. The largest absolute Gasteiger partial charge is 0.308 e. The number of aromatic nitrogens is 2. The van der Waals surface area contributed by atoms with Crippen molar-refractivity contribution in [3.8, 4) is 0 Å². The lowest BCUT2D eigenvalue weighted by atomic mass is 10.6. The van der Waals surface area contributed by atoms with Gasteiger partial charge in [-0.1, -0.05) is 27.0 Å². The van der Waals surface area contributed by atoms with Crippen LogP contribution in [0.25, 0.3) is 12.3 Å². The second-order valence-corrected chi connectivity index (χ2v) is 1.58. The van der Waals surface area contributed by atoms with Gasteiger partial charge in [0.25, 0.3) is 0 Å². The van der Waals surface area contributed by atoms with Gasteiger partial charge in [0, 0.05) is 18.6 Å². The predicted octanol–water partition coefficient (Wildman–Crippen LogP) is 2.65. The Morgan fingerprint density at radius 2 is 2.09 bits per heavy atom. The van der Waals surface area contributed by atoms with Crippen molar-refractivity contribution in [2.75, 3.05) is 0 Å². The van der Waals surface area contributed by atoms with Gasteiger partial charge in [-0.3, -0.25) is 0 Å². The average Bonchev–Trinajstić information content (AvgIpc) is 2.54. The number of imidazole rings is 1. The number of hydrogen-bond donors (Lipinski definition) is 0. The van der Waals surface area contributed by atoms with Crippen LogP contribution in [0.3, 0.4) is 0 Å². The summed E-state index contributed by atoms with van der Waals surface area (Å²) in [6.45, 7) is 11.2. The Morgan fingerprint density at radius 3 is 2.45 bits per heavy atom. The van der Waals surface area contributed by atoms with Crippen LogP contribution < -0.4 is 0 Å². The lowest BCUT2D eigenvalue weighted by molar-refractivity contribution is 1.11. The molecule has 60 valence electrons. The van der Waals surface area contributed by atoms with Crippen molar-refractivity contribution in [2.45, 2.75) is 13.8 Å². The van der Waals surface area contributed by atoms with E-state index in [2.05, 4.69) is 18.1 Å². The number of hydrogen-bond acceptors (Lipinski definition) is 1. The zero-order chi connectivity index (χ0) is 8.69. The molecule has 0 aliphatic rings. The van der Waals surface area contributed by atoms with E-state index in [0.717, 1.165) is 5.82 Å². The molecular formula is C9H14N2. The van der Waals surface area contributed by atoms with Crippen molar-refractivity contribution in [2.24, 2.45) is 0 Å². The maximum Gasteiger partial charge on any atom is 0.136 e. The summed E-state index contributed by atoms with van der Waals surface area (Å²) in [6, 6.07) is 0. The molecule has 0 aromatic carbocycles. The minimum absolute atomic E-state index is 0.824. The molecule has 1 aromatic rings. The molecule has 0 radical (unpaired) electrons. The van der Waals surface area contributed by atoms with Crippen molar-refractivity contribution in [3.63, 3.8) is 0 Å². The van der Waals surface area contributed by atoms with Crippen LogP contribution in [0.5, 0.6) is 0 Å². The van der Waals surface area contributed by atoms with E-state index in [4.69, 9.17) is 0 Å². The molecule has 2 heteroatoms. The Balaban J connectivity index is 0.000000461. The highest BCUT2D eigenvalue weighted by molar-refractivity contribution is 5.41. The zero-order valence-corrected chi connectivity index (χ0v) is 7.12. The van der Waals surface area contributed by atoms with E-state index in [1.54, 1.807) is 23.0 Å². The summed E-state index contributed by atoms with van der Waals surface area (Å²) in [5.41, 5.74) is 0. The molecule has 0 unspecified atom stereocenters. The van der Waals surface area contributed by atoms with Crippen LogP contribution in [0.2, 0.25) is 0 Å². The van der Waals surface area contributed by atoms with Gasteiger partial charge in [0.15, 0.2) is 0 Å². The summed E-state index contributed by atoms with van der Waals surface area (Å²) in [5, 5.41) is 0. The summed E-state index contributed by atoms with van der Waals surface area (Å²) < 4.78 is 1.80. The smallest absolute Gasteiger partial charge is 0.136 e. The number of nitrogens with zero attached hydrogens (tertiary/aromatic N) is 2. The van der Waals surface area contributed by atoms with E-state index in [1.165, 1.54) is 0 Å². The summed E-state index contributed by atoms with van der Waals surface area (Å²) in [5.74, 6) is 0.824. The first kappa shape index (κ1) is 9.69. The summed E-state index contributed by atoms with van der Waals surface area (Å²) in [4.78, 5) is 3.98. The average molecular weight is 150 g/mol. The first-order valence-electron chi connectivity index (χ1n) is 3.66. The van der Waals surface area contributed by atoms with E-state index in [9.17, 15) is 0 Å². The quantitative estimate of drug-likeness (QED) is 0.633. The Morgan fingerprint density at radius 1 is 1.45 bits per heavy atom. The van der Waals surface area contributed by atoms with Gasteiger partial charge in [-0.15, -0.1) is 0 Å². The second kappa shape index (κ2) is 5.47. The van der Waals surface area contributed by atoms with Gasteiger partial charge in [0.1, 0.15) is 5.82 Å². The van der Waals surface area contributed by atoms with E-state index in [0.29, 0.717) is 0 Å². The molecular weight excluding hydrogens is 136 g/mol. The summed E-state index contributed by atoms with van der Waals surface area (Å²) in [6.07, 6.45) is 6.90. The van der Waals surface area contributed by atoms with Gasteiger partial charge in [0.2, 0.25) is 0 Å². The molecule has 0 aliphatic carbocycles. The van der Waals surface area contributed by atoms with Crippen molar-refractivity contribution >= 4 is 12.3 Å². The third-order valence-electron chi connectivity index (χ3n) is 1.08. The fourth-order valence-corrected chi connectivity index (χ4v) is 0.637. The molecule has 0 spiro atoms. The molecule has 0 saturated heterocycles. The maximum absolute atomic E-state index is 3.98. The van der Waals surface area contributed by atoms with E-state index in [-0.39, 0.29) is 0 Å². The topological polar surface area (TPSA) is 17.8 Å². The highest BCUT2D eigenvalue weighted by Crippen LogP contribution is 1.97. The van der Waals surface area contributed by atoms with Crippen molar-refractivity contribution in [1.29, 1.82) is 0 Å². The Bertz CT molecular complexity index is 201. The van der Waals surface area contributed by atoms with Crippen LogP contribution in [0, 0.1) is 0 Å². The molecule has 0 saturated carbocycles. The van der Waals surface area contributed by atoms with Gasteiger partial charge in [-0.2, -0.15) is 0 Å². The Labute approximate surface area is 67.9 Å². The van der Waals surface area contributed by atoms with Crippen LogP contribution in [0.4, 0.5) is 0 Å². The molecule has 1 rings (SSSR count). The first-order chi connectivity index (χ1) is 5.38. The lowest BCUT2D eigenvalue weighted by Gasteiger charge is -1.91. The summed E-state index contributed by atoms with van der Waals surface area (Å²) in [7, 11) is 0. The standard InChI is InChI=1S/C7H8N2.C2H6/c1-3-7-8-5-6-9(7)4-2;1-2/h3-6H,1-2H2;1-2H3. The first-order valence-corrected chi connectivity index (χ1v) is 3.66. The van der Waals surface area contributed by atoms with Crippen molar-refractivity contribution < 1.29 is 0 Å². The van der Waals surface area contributed by atoms with Gasteiger partial charge >= 0.3 is 0 Å². The molecule has 1 heterocycles. The van der Waals surface area contributed by atoms with Gasteiger partial charge in [0.05, 0.1) is 0 Å². The molecule has 2 nitrogen and oxygen atoms in total. The van der Waals surface area contributed by atoms with E-state index < -0.39 is 0 Å². The Hall–Kier alpha value is -1.31. The van der Waals surface area contributed by atoms with Crippen molar-refractivity contribution in [1.82, 2.24) is 9.55 Å². The van der Waals surface area contributed by atoms with Crippen LogP contribution >= 0.6 is 0 Å². The molecule has 0 N–H and O–H groups in total. The fraction of sp³-hybridized carbons (Fsp3) is 0.222. The van der Waals surface area contributed by atoms with Crippen LogP contribution in [0.15, 0.2) is 25.6 Å². The maximum atomic E-state index is 3.98. The van der Waals surface area contributed by atoms with Crippen LogP contribution in [-0.4, -0.2) is 9.55 Å². The predicted molar refractivity (Wildman–Crippen MR) is 50.1 cm³/mol. The molecule has 0 fully saturated rings. The third kappa shape index (κ3) is 2.42. The molecule has 0 atom stereocenters.